The molecular weight excluding hydrogens is 692 g/mol. The molecule has 0 bridgehead atoms. The topological polar surface area (TPSA) is 222 Å². The second-order valence-corrected chi connectivity index (χ2v) is 10.9. The van der Waals surface area contributed by atoms with Crippen molar-refractivity contribution in [1.29, 1.82) is 0 Å². The summed E-state index contributed by atoms with van der Waals surface area (Å²) in [5.74, 6) is 3.75. The lowest BCUT2D eigenvalue weighted by Crippen LogP contribution is -2.05. The van der Waals surface area contributed by atoms with E-state index in [0.717, 1.165) is 28.3 Å². The largest absolute Gasteiger partial charge is 0.497 e. The minimum atomic E-state index is -0.502. The molecule has 0 radical (unpaired) electrons. The van der Waals surface area contributed by atoms with Gasteiger partial charge in [-0.1, -0.05) is 37.4 Å². The minimum absolute atomic E-state index is 0.145. The van der Waals surface area contributed by atoms with Crippen LogP contribution in [-0.4, -0.2) is 49.0 Å². The Morgan fingerprint density at radius 2 is 1.09 bits per heavy atom. The smallest absolute Gasteiger partial charge is 0.310 e. The van der Waals surface area contributed by atoms with Gasteiger partial charge in [0.2, 0.25) is 0 Å². The predicted molar refractivity (Wildman–Crippen MR) is 203 cm³/mol. The summed E-state index contributed by atoms with van der Waals surface area (Å²) >= 11 is 0. The third-order valence-electron chi connectivity index (χ3n) is 7.32. The summed E-state index contributed by atoms with van der Waals surface area (Å²) in [6, 6.07) is 18.5. The van der Waals surface area contributed by atoms with Crippen molar-refractivity contribution in [2.75, 3.05) is 41.2 Å². The fourth-order valence-electron chi connectivity index (χ4n) is 4.52. The zero-order valence-electron chi connectivity index (χ0n) is 28.9. The molecule has 18 heteroatoms. The Hall–Kier alpha value is -8.12. The Morgan fingerprint density at radius 3 is 1.52 bits per heavy atom. The molecule has 0 saturated heterocycles. The third-order valence-corrected chi connectivity index (χ3v) is 7.32. The number of ether oxygens (including phenoxy) is 2. The molecule has 270 valence electrons. The van der Waals surface area contributed by atoms with E-state index in [4.69, 9.17) is 28.4 Å². The first kappa shape index (κ1) is 37.1. The molecule has 6 N–H and O–H groups in total. The van der Waals surface area contributed by atoms with Crippen LogP contribution in [0.15, 0.2) is 97.8 Å². The maximum Gasteiger partial charge on any atom is 0.310 e. The molecule has 4 aromatic heterocycles. The van der Waals surface area contributed by atoms with Crippen LogP contribution >= 0.6 is 0 Å². The number of anilines is 7. The van der Waals surface area contributed by atoms with E-state index in [-0.39, 0.29) is 17.3 Å². The molecule has 0 aliphatic heterocycles. The van der Waals surface area contributed by atoms with Crippen LogP contribution < -0.4 is 36.5 Å². The number of nitrogens with two attached hydrogens (primary N) is 1. The highest BCUT2D eigenvalue weighted by molar-refractivity contribution is 5.70. The quantitative estimate of drug-likeness (QED) is 0.0457. The highest BCUT2D eigenvalue weighted by Crippen LogP contribution is 2.28. The maximum absolute atomic E-state index is 11.3. The first-order chi connectivity index (χ1) is 26.3. The molecular formula is C36H32N14O4. The number of nitro groups is 1. The Balaban J connectivity index is 0.000000208. The highest BCUT2D eigenvalue weighted by atomic mass is 16.6. The minimum Gasteiger partial charge on any atom is -0.497 e. The monoisotopic (exact) mass is 724 g/mol. The van der Waals surface area contributed by atoms with E-state index < -0.39 is 4.92 Å². The van der Waals surface area contributed by atoms with Gasteiger partial charge < -0.3 is 46.2 Å². The summed E-state index contributed by atoms with van der Waals surface area (Å²) in [4.78, 5) is 41.5. The van der Waals surface area contributed by atoms with Gasteiger partial charge in [0.15, 0.2) is 24.0 Å². The van der Waals surface area contributed by atoms with E-state index in [2.05, 4.69) is 60.9 Å². The lowest BCUT2D eigenvalue weighted by atomic mass is 10.2. The normalized spacial score (nSPS) is 10.0. The molecule has 0 aliphatic carbocycles. The number of benzene rings is 2. The molecule has 0 unspecified atom stereocenters. The second kappa shape index (κ2) is 18.2. The summed E-state index contributed by atoms with van der Waals surface area (Å²) in [5, 5.41) is 23.6. The number of nitrogens with one attached hydrogen (secondary N) is 4. The van der Waals surface area contributed by atoms with Crippen LogP contribution in [0.25, 0.3) is 9.69 Å². The molecule has 6 rings (SSSR count). The first-order valence-corrected chi connectivity index (χ1v) is 15.8. The van der Waals surface area contributed by atoms with Crippen molar-refractivity contribution in [3.8, 4) is 11.5 Å². The highest BCUT2D eigenvalue weighted by Gasteiger charge is 2.16. The predicted octanol–water partition coefficient (Wildman–Crippen LogP) is 7.06. The van der Waals surface area contributed by atoms with Gasteiger partial charge in [-0.3, -0.25) is 10.1 Å². The second-order valence-electron chi connectivity index (χ2n) is 10.9. The summed E-state index contributed by atoms with van der Waals surface area (Å²) in [6.45, 7) is 14.8. The van der Waals surface area contributed by atoms with E-state index in [9.17, 15) is 10.1 Å². The molecule has 0 saturated carbocycles. The van der Waals surface area contributed by atoms with Crippen molar-refractivity contribution < 1.29 is 14.4 Å². The van der Waals surface area contributed by atoms with Crippen molar-refractivity contribution in [3.63, 3.8) is 0 Å². The Morgan fingerprint density at radius 1 is 0.648 bits per heavy atom. The van der Waals surface area contributed by atoms with Crippen molar-refractivity contribution in [3.05, 3.63) is 142 Å². The van der Waals surface area contributed by atoms with Gasteiger partial charge in [-0.2, -0.15) is 0 Å². The number of hydrogen-bond donors (Lipinski definition) is 5. The van der Waals surface area contributed by atoms with Crippen LogP contribution in [0.1, 0.15) is 11.1 Å². The molecule has 54 heavy (non-hydrogen) atoms. The van der Waals surface area contributed by atoms with Gasteiger partial charge in [-0.05, 0) is 35.4 Å². The number of nitrogens with zero attached hydrogens (tertiary/aromatic N) is 9. The summed E-state index contributed by atoms with van der Waals surface area (Å²) in [5.41, 5.74) is 9.48. The van der Waals surface area contributed by atoms with Crippen LogP contribution in [0.4, 0.5) is 57.7 Å². The molecule has 2 aromatic carbocycles. The zero-order valence-corrected chi connectivity index (χ0v) is 28.9. The zero-order chi connectivity index (χ0) is 38.3. The number of hydrogen-bond acceptors (Lipinski definition) is 15. The van der Waals surface area contributed by atoms with Gasteiger partial charge in [-0.15, -0.1) is 9.97 Å². The number of methoxy groups -OCH3 is 2. The lowest BCUT2D eigenvalue weighted by molar-refractivity contribution is -0.384. The molecule has 0 aliphatic rings. The first-order valence-electron chi connectivity index (χ1n) is 15.8. The number of aromatic nitrogens is 6. The van der Waals surface area contributed by atoms with Gasteiger partial charge in [-0.25, -0.2) is 19.9 Å². The summed E-state index contributed by atoms with van der Waals surface area (Å²) in [7, 11) is 3.22. The molecule has 0 fully saturated rings. The summed E-state index contributed by atoms with van der Waals surface area (Å²) in [6.07, 6.45) is 8.33. The lowest BCUT2D eigenvalue weighted by Gasteiger charge is -2.12. The SMILES string of the molecule is [C-]#[N+]c1cnc(Nc2cc(NCc3ccc(OC)cc3)c(N)cn2)cn1.[C-]#[N+]c1cnc(Nc2cc(NCc3ccc(OC)cc3)c([N+](=O)[O-])cn2)cn1. The standard InChI is InChI=1S/C18H15N7O3.C18H17N7O/c1-19-17-10-23-18(11-22-17)24-16-7-14(15(9-21-16)25(26)27)20-8-12-3-5-13(28-2)6-4-12;1-20-17-10-24-18(11-23-17)25-16-7-15(14(19)9-22-16)21-8-12-3-5-13(26-2)6-4-12/h3-7,9-11H,8H2,2H3,(H2,20,21,23,24);3-7,9-11H,8,19H2,2H3,(H2,21,22,24,25). The van der Waals surface area contributed by atoms with Crippen molar-refractivity contribution in [1.82, 2.24) is 29.9 Å². The summed E-state index contributed by atoms with van der Waals surface area (Å²) < 4.78 is 10.3. The molecule has 4 heterocycles. The van der Waals surface area contributed by atoms with Gasteiger partial charge in [0, 0.05) is 25.2 Å². The van der Waals surface area contributed by atoms with E-state index in [1.165, 1.54) is 37.1 Å². The van der Waals surface area contributed by atoms with Crippen molar-refractivity contribution in [2.24, 2.45) is 0 Å². The third kappa shape index (κ3) is 10.4. The van der Waals surface area contributed by atoms with Crippen LogP contribution in [0, 0.1) is 23.3 Å². The molecule has 0 atom stereocenters. The Labute approximate surface area is 309 Å². The van der Waals surface area contributed by atoms with E-state index in [0.29, 0.717) is 47.7 Å². The van der Waals surface area contributed by atoms with E-state index >= 15 is 0 Å². The number of nitrogen functional groups attached to an aromatic ring is 1. The van der Waals surface area contributed by atoms with Crippen molar-refractivity contribution in [2.45, 2.75) is 13.1 Å². The Kier molecular flexibility index (Phi) is 12.5. The van der Waals surface area contributed by atoms with Gasteiger partial charge in [0.1, 0.15) is 35.0 Å². The van der Waals surface area contributed by atoms with Crippen LogP contribution in [0.3, 0.4) is 0 Å². The molecule has 6 aromatic rings. The average Bonchev–Trinajstić information content (AvgIpc) is 3.21. The molecule has 0 spiro atoms. The van der Waals surface area contributed by atoms with Crippen LogP contribution in [0.5, 0.6) is 11.5 Å². The van der Waals surface area contributed by atoms with Crippen LogP contribution in [-0.2, 0) is 13.1 Å². The van der Waals surface area contributed by atoms with E-state index in [1.807, 2.05) is 48.5 Å². The average molecular weight is 725 g/mol. The number of rotatable bonds is 13. The van der Waals surface area contributed by atoms with Gasteiger partial charge in [0.05, 0.1) is 49.1 Å². The fraction of sp³-hybridized carbons (Fsp3) is 0.111. The Bertz CT molecular complexity index is 2260. The van der Waals surface area contributed by atoms with Gasteiger partial charge >= 0.3 is 5.69 Å². The van der Waals surface area contributed by atoms with Crippen molar-refractivity contribution >= 4 is 57.7 Å². The van der Waals surface area contributed by atoms with E-state index in [1.54, 1.807) is 26.5 Å². The van der Waals surface area contributed by atoms with Gasteiger partial charge in [0.25, 0.3) is 11.6 Å². The van der Waals surface area contributed by atoms with Crippen LogP contribution in [0.2, 0.25) is 0 Å². The number of pyridine rings is 2. The maximum atomic E-state index is 11.3. The molecule has 18 nitrogen and oxygen atoms in total. The fourth-order valence-corrected chi connectivity index (χ4v) is 4.52. The molecule has 0 amide bonds.